The Morgan fingerprint density at radius 2 is 0.466 bits per heavy atom. The first-order valence-electron chi connectivity index (χ1n) is 44.6. The molecule has 6 heterocycles. The molecule has 4 aliphatic carbocycles. The highest BCUT2D eigenvalue weighted by Crippen LogP contribution is 2.44. The maximum absolute atomic E-state index is 2.56. The van der Waals surface area contributed by atoms with Gasteiger partial charge in [-0.1, -0.05) is 224 Å². The van der Waals surface area contributed by atoms with Crippen molar-refractivity contribution in [3.63, 3.8) is 0 Å². The molecule has 0 spiro atoms. The predicted molar refractivity (Wildman–Crippen MR) is 510 cm³/mol. The van der Waals surface area contributed by atoms with Gasteiger partial charge in [-0.3, -0.25) is 0 Å². The van der Waals surface area contributed by atoms with Crippen LogP contribution < -0.4 is 0 Å². The van der Waals surface area contributed by atoms with Crippen molar-refractivity contribution < 1.29 is 0 Å². The van der Waals surface area contributed by atoms with Gasteiger partial charge >= 0.3 is 0 Å². The molecule has 0 radical (unpaired) electrons. The van der Waals surface area contributed by atoms with Crippen molar-refractivity contribution in [1.82, 2.24) is 27.4 Å². The van der Waals surface area contributed by atoms with E-state index in [0.29, 0.717) is 0 Å². The Morgan fingerprint density at radius 1 is 0.178 bits per heavy atom. The molecule has 25 rings (SSSR count). The Hall–Kier alpha value is -12.1. The molecule has 0 saturated heterocycles. The minimum absolute atomic E-state index is 0.983. The van der Waals surface area contributed by atoms with E-state index in [4.69, 9.17) is 0 Å². The molecule has 6 nitrogen and oxygen atoms in total. The molecular formula is C112H108N6. The second-order valence-corrected chi connectivity index (χ2v) is 33.4. The van der Waals surface area contributed by atoms with Crippen LogP contribution in [0.3, 0.4) is 0 Å². The Labute approximate surface area is 693 Å². The van der Waals surface area contributed by atoms with Crippen molar-refractivity contribution in [3.05, 3.63) is 324 Å². The number of nitrogens with zero attached hydrogens (tertiary/aromatic N) is 6. The molecule has 0 N–H and O–H groups in total. The number of benzene rings is 15. The molecule has 0 aliphatic heterocycles. The van der Waals surface area contributed by atoms with Gasteiger partial charge < -0.3 is 27.4 Å². The first kappa shape index (κ1) is 74.7. The third kappa shape index (κ3) is 12.8. The van der Waals surface area contributed by atoms with Gasteiger partial charge in [0.05, 0.1) is 5.52 Å². The average molecular weight is 1540 g/mol. The fourth-order valence-corrected chi connectivity index (χ4v) is 22.0. The molecular weight excluding hydrogens is 1430 g/mol. The summed E-state index contributed by atoms with van der Waals surface area (Å²) in [7, 11) is 0. The van der Waals surface area contributed by atoms with Crippen LogP contribution in [0, 0.1) is 0 Å². The lowest BCUT2D eigenvalue weighted by molar-refractivity contribution is 0.630. The average Bonchev–Trinajstić information content (AvgIpc) is 1.68. The summed E-state index contributed by atoms with van der Waals surface area (Å²) in [6, 6.07) is 102. The van der Waals surface area contributed by atoms with Gasteiger partial charge in [0.1, 0.15) is 0 Å². The summed E-state index contributed by atoms with van der Waals surface area (Å²) in [6.45, 7) is 19.8. The van der Waals surface area contributed by atoms with Crippen molar-refractivity contribution in [3.8, 4) is 0 Å². The number of fused-ring (bicyclic) bond motifs is 30. The lowest BCUT2D eigenvalue weighted by Crippen LogP contribution is -2.07. The van der Waals surface area contributed by atoms with Crippen LogP contribution >= 0.6 is 0 Å². The van der Waals surface area contributed by atoms with E-state index < -0.39 is 0 Å². The number of aromatic nitrogens is 6. The molecule has 15 aromatic carbocycles. The zero-order valence-electron chi connectivity index (χ0n) is 69.8. The highest BCUT2D eigenvalue weighted by Gasteiger charge is 2.26. The first-order valence-corrected chi connectivity index (χ1v) is 44.6. The minimum Gasteiger partial charge on any atom is -0.345 e. The highest BCUT2D eigenvalue weighted by atomic mass is 15.0. The van der Waals surface area contributed by atoms with Gasteiger partial charge in [-0.15, -0.1) is 0 Å². The van der Waals surface area contributed by atoms with Gasteiger partial charge in [0.15, 0.2) is 0 Å². The van der Waals surface area contributed by atoms with Crippen LogP contribution in [0.25, 0.3) is 163 Å². The molecule has 0 bridgehead atoms. The molecule has 0 amide bonds. The summed E-state index contributed by atoms with van der Waals surface area (Å²) in [6.07, 6.45) is 20.9. The van der Waals surface area contributed by atoms with E-state index in [1.807, 2.05) is 0 Å². The molecule has 0 saturated carbocycles. The number of aryl methyl sites for hydroxylation is 10. The fourth-order valence-electron chi connectivity index (χ4n) is 22.0. The predicted octanol–water partition coefficient (Wildman–Crippen LogP) is 29.9. The van der Waals surface area contributed by atoms with Crippen molar-refractivity contribution in [1.29, 1.82) is 0 Å². The van der Waals surface area contributed by atoms with E-state index >= 15 is 0 Å². The summed E-state index contributed by atoms with van der Waals surface area (Å²) < 4.78 is 15.0. The lowest BCUT2D eigenvalue weighted by Gasteiger charge is -2.14. The van der Waals surface area contributed by atoms with Crippen LogP contribution in [-0.2, 0) is 90.6 Å². The number of rotatable bonds is 6. The van der Waals surface area contributed by atoms with Crippen LogP contribution in [-0.4, -0.2) is 27.4 Å². The summed E-state index contributed by atoms with van der Waals surface area (Å²) >= 11 is 0. The van der Waals surface area contributed by atoms with Crippen LogP contribution in [0.2, 0.25) is 0 Å². The summed E-state index contributed by atoms with van der Waals surface area (Å²) in [5.74, 6) is 0. The van der Waals surface area contributed by atoms with Gasteiger partial charge in [-0.25, -0.2) is 0 Å². The van der Waals surface area contributed by atoms with Crippen LogP contribution in [0.5, 0.6) is 0 Å². The molecule has 6 aromatic heterocycles. The first-order chi connectivity index (χ1) is 58.3. The van der Waals surface area contributed by atoms with Gasteiger partial charge in [0.25, 0.3) is 0 Å². The van der Waals surface area contributed by atoms with Gasteiger partial charge in [-0.05, 0) is 291 Å². The van der Waals surface area contributed by atoms with Gasteiger partial charge in [0.2, 0.25) is 0 Å². The standard InChI is InChI=1S/2C22H17N.3C18H19N.C14H17N/c1-2-23-19-13-11-15-7-3-5-9-17(15)21(19)22-18-10-6-4-8-16(18)12-14-20(22)23;1-2-23-20-12-11-15-7-5-6-10-18(15)22(20)19-13-16-8-3-4-9-17(16)14-21(19)23;1-2-19-17-10-6-5-9-15(17)16-11-13-7-3-4-8-14(13)12-18(16)19;1-2-19-17-10-6-5-9-15(17)16-12-11-13-7-3-4-8-14(13)18(16)19;1-2-19-16-10-6-5-9-15(16)18-14-8-4-3-7-13(14)11-12-17(18)19;1-2-15-13-9-5-3-7-11(13)12-8-4-6-10-14(12)15/h2*3-14H,2H2,1H3;3*3-4,7-8,11-12H,2,5-6,9-10H2,1H3;3,5,7,9H,2,4,6,8,10H2,1H3. The molecule has 21 aromatic rings. The third-order valence-electron chi connectivity index (χ3n) is 27.2. The molecule has 0 fully saturated rings. The van der Waals surface area contributed by atoms with Crippen LogP contribution in [0.1, 0.15) is 138 Å². The summed E-state index contributed by atoms with van der Waals surface area (Å²) in [4.78, 5) is 0. The topological polar surface area (TPSA) is 29.6 Å². The quantitative estimate of drug-likeness (QED) is 0.159. The monoisotopic (exact) mass is 1540 g/mol. The van der Waals surface area contributed by atoms with Crippen LogP contribution in [0.4, 0.5) is 0 Å². The largest absolute Gasteiger partial charge is 0.345 e. The van der Waals surface area contributed by atoms with E-state index in [1.54, 1.807) is 45.0 Å². The molecule has 586 valence electrons. The van der Waals surface area contributed by atoms with E-state index in [-0.39, 0.29) is 0 Å². The second kappa shape index (κ2) is 32.1. The molecule has 4 aliphatic rings. The van der Waals surface area contributed by atoms with Crippen molar-refractivity contribution in [2.45, 2.75) is 184 Å². The number of hydrogen-bond acceptors (Lipinski definition) is 0. The Balaban J connectivity index is 0.0000000913. The SMILES string of the molecule is CCn1c2c(c3c4ccccc4ccc31)CCCC2.CCn1c2c(c3cc4ccccc4cc31)CCCC2.CCn1c2c(c3ccc4ccccc4c31)CCCC2.CCn1c2c(c3ccccc31)CCCC2.CCn1c2cc3ccccc3cc2c2c3ccccc3ccc21.CCn1c2ccc3ccccc3c2c2c3ccccc3ccc21. The third-order valence-corrected chi connectivity index (χ3v) is 27.2. The van der Waals surface area contributed by atoms with E-state index in [2.05, 4.69) is 348 Å². The van der Waals surface area contributed by atoms with E-state index in [9.17, 15) is 0 Å². The summed E-state index contributed by atoms with van der Waals surface area (Å²) in [5, 5.41) is 30.4. The maximum Gasteiger partial charge on any atom is 0.0564 e. The fraction of sp³-hybridized carbons (Fsp3) is 0.250. The van der Waals surface area contributed by atoms with Crippen molar-refractivity contribution in [2.75, 3.05) is 0 Å². The zero-order chi connectivity index (χ0) is 79.5. The zero-order valence-corrected chi connectivity index (χ0v) is 69.8. The second-order valence-electron chi connectivity index (χ2n) is 33.4. The Morgan fingerprint density at radius 3 is 0.941 bits per heavy atom. The summed E-state index contributed by atoms with van der Waals surface area (Å²) in [5.41, 5.74) is 24.0. The maximum atomic E-state index is 2.56. The number of para-hydroxylation sites is 1. The lowest BCUT2D eigenvalue weighted by atomic mass is 9.93. The molecule has 0 unspecified atom stereocenters. The Bertz CT molecular complexity index is 7080. The van der Waals surface area contributed by atoms with Crippen LogP contribution in [0.15, 0.2) is 279 Å². The molecule has 118 heavy (non-hydrogen) atoms. The van der Waals surface area contributed by atoms with Gasteiger partial charge in [-0.2, -0.15) is 0 Å². The minimum atomic E-state index is 0.983. The van der Waals surface area contributed by atoms with E-state index in [0.717, 1.165) is 39.3 Å². The number of hydrogen-bond donors (Lipinski definition) is 0. The van der Waals surface area contributed by atoms with Crippen molar-refractivity contribution in [2.24, 2.45) is 0 Å². The Kier molecular flexibility index (Phi) is 20.3. The smallest absolute Gasteiger partial charge is 0.0564 e. The highest BCUT2D eigenvalue weighted by molar-refractivity contribution is 6.28. The normalized spacial score (nSPS) is 13.8. The molecule has 6 heteroatoms. The molecule has 0 atom stereocenters. The van der Waals surface area contributed by atoms with Gasteiger partial charge in [0, 0.05) is 149 Å². The van der Waals surface area contributed by atoms with Crippen molar-refractivity contribution >= 4 is 163 Å². The van der Waals surface area contributed by atoms with E-state index in [1.165, 1.54) is 265 Å².